The second-order valence-electron chi connectivity index (χ2n) is 5.97. The predicted octanol–water partition coefficient (Wildman–Crippen LogP) is 3.31. The maximum atomic E-state index is 12.7. The van der Waals surface area contributed by atoms with Crippen LogP contribution in [0.5, 0.6) is 0 Å². The fraction of sp³-hybridized carbons (Fsp3) is 0.444. The number of hydrogen-bond acceptors (Lipinski definition) is 3. The van der Waals surface area contributed by atoms with Gasteiger partial charge in [-0.2, -0.15) is 5.10 Å². The van der Waals surface area contributed by atoms with E-state index in [0.29, 0.717) is 29.2 Å². The second-order valence-corrected chi connectivity index (χ2v) is 6.38. The number of para-hydroxylation sites is 1. The van der Waals surface area contributed by atoms with Crippen molar-refractivity contribution in [2.75, 3.05) is 13.2 Å². The molecule has 5 nitrogen and oxygen atoms in total. The Kier molecular flexibility index (Phi) is 5.21. The fourth-order valence-electron chi connectivity index (χ4n) is 3.12. The summed E-state index contributed by atoms with van der Waals surface area (Å²) in [6, 6.07) is 7.52. The van der Waals surface area contributed by atoms with Gasteiger partial charge in [0.1, 0.15) is 0 Å². The molecule has 0 aliphatic carbocycles. The van der Waals surface area contributed by atoms with Gasteiger partial charge >= 0.3 is 0 Å². The van der Waals surface area contributed by atoms with E-state index in [0.717, 1.165) is 30.8 Å². The SMILES string of the molecule is CCc1c(C(=O)NCC2CCCO2)c(C)nn1-c1ccccc1Cl. The molecular weight excluding hydrogens is 326 g/mol. The van der Waals surface area contributed by atoms with E-state index in [1.54, 1.807) is 4.68 Å². The Balaban J connectivity index is 1.88. The third-order valence-electron chi connectivity index (χ3n) is 4.31. The molecule has 2 aromatic rings. The van der Waals surface area contributed by atoms with Crippen molar-refractivity contribution in [3.63, 3.8) is 0 Å². The first-order valence-corrected chi connectivity index (χ1v) is 8.72. The highest BCUT2D eigenvalue weighted by Crippen LogP contribution is 2.24. The molecule has 0 saturated carbocycles. The Bertz CT molecular complexity index is 736. The lowest BCUT2D eigenvalue weighted by Gasteiger charge is -2.12. The molecule has 2 heterocycles. The van der Waals surface area contributed by atoms with Crippen molar-refractivity contribution in [2.24, 2.45) is 0 Å². The number of halogens is 1. The second kappa shape index (κ2) is 7.36. The van der Waals surface area contributed by atoms with Gasteiger partial charge in [-0.1, -0.05) is 30.7 Å². The molecule has 0 radical (unpaired) electrons. The number of carbonyl (C=O) groups is 1. The number of ether oxygens (including phenoxy) is 1. The molecule has 3 rings (SSSR count). The molecule has 1 fully saturated rings. The van der Waals surface area contributed by atoms with Crippen LogP contribution in [-0.2, 0) is 11.2 Å². The molecule has 24 heavy (non-hydrogen) atoms. The quantitative estimate of drug-likeness (QED) is 0.902. The van der Waals surface area contributed by atoms with Crippen molar-refractivity contribution in [2.45, 2.75) is 39.2 Å². The van der Waals surface area contributed by atoms with Crippen LogP contribution in [0.4, 0.5) is 0 Å². The Hall–Kier alpha value is -1.85. The molecule has 128 valence electrons. The predicted molar refractivity (Wildman–Crippen MR) is 94.0 cm³/mol. The van der Waals surface area contributed by atoms with E-state index in [2.05, 4.69) is 10.4 Å². The lowest BCUT2D eigenvalue weighted by molar-refractivity contribution is 0.0856. The van der Waals surface area contributed by atoms with Crippen molar-refractivity contribution < 1.29 is 9.53 Å². The number of carbonyl (C=O) groups excluding carboxylic acids is 1. The van der Waals surface area contributed by atoms with Gasteiger partial charge in [-0.05, 0) is 38.3 Å². The molecule has 1 aromatic heterocycles. The van der Waals surface area contributed by atoms with Gasteiger partial charge in [0, 0.05) is 13.2 Å². The Morgan fingerprint density at radius 1 is 1.46 bits per heavy atom. The van der Waals surface area contributed by atoms with Crippen LogP contribution in [0.1, 0.15) is 41.5 Å². The number of amides is 1. The van der Waals surface area contributed by atoms with Gasteiger partial charge in [0.2, 0.25) is 0 Å². The third-order valence-corrected chi connectivity index (χ3v) is 4.63. The Morgan fingerprint density at radius 3 is 2.92 bits per heavy atom. The average Bonchev–Trinajstić information content (AvgIpc) is 3.20. The minimum absolute atomic E-state index is 0.0989. The van der Waals surface area contributed by atoms with E-state index < -0.39 is 0 Å². The van der Waals surface area contributed by atoms with Gasteiger partial charge in [0.25, 0.3) is 5.91 Å². The van der Waals surface area contributed by atoms with E-state index in [1.165, 1.54) is 0 Å². The molecule has 1 aromatic carbocycles. The van der Waals surface area contributed by atoms with Crippen molar-refractivity contribution in [1.29, 1.82) is 0 Å². The zero-order valence-electron chi connectivity index (χ0n) is 14.0. The summed E-state index contributed by atoms with van der Waals surface area (Å²) < 4.78 is 7.34. The van der Waals surface area contributed by atoms with Crippen LogP contribution in [0.2, 0.25) is 5.02 Å². The molecule has 1 saturated heterocycles. The van der Waals surface area contributed by atoms with E-state index >= 15 is 0 Å². The molecule has 1 aliphatic rings. The lowest BCUT2D eigenvalue weighted by Crippen LogP contribution is -2.32. The maximum absolute atomic E-state index is 12.7. The summed E-state index contributed by atoms with van der Waals surface area (Å²) in [5, 5.41) is 8.15. The van der Waals surface area contributed by atoms with Gasteiger partial charge in [-0.25, -0.2) is 4.68 Å². The van der Waals surface area contributed by atoms with Gasteiger partial charge in [-0.15, -0.1) is 0 Å². The number of aryl methyl sites for hydroxylation is 1. The average molecular weight is 348 g/mol. The van der Waals surface area contributed by atoms with E-state index in [4.69, 9.17) is 16.3 Å². The van der Waals surface area contributed by atoms with Crippen molar-refractivity contribution in [3.05, 3.63) is 46.2 Å². The van der Waals surface area contributed by atoms with Gasteiger partial charge < -0.3 is 10.1 Å². The molecule has 0 spiro atoms. The van der Waals surface area contributed by atoms with Crippen LogP contribution < -0.4 is 5.32 Å². The summed E-state index contributed by atoms with van der Waals surface area (Å²) in [6.07, 6.45) is 2.87. The molecule has 1 atom stereocenters. The van der Waals surface area contributed by atoms with E-state index in [-0.39, 0.29) is 12.0 Å². The van der Waals surface area contributed by atoms with Crippen LogP contribution in [0, 0.1) is 6.92 Å². The van der Waals surface area contributed by atoms with Gasteiger partial charge in [-0.3, -0.25) is 4.79 Å². The van der Waals surface area contributed by atoms with Crippen LogP contribution in [0.15, 0.2) is 24.3 Å². The Labute approximate surface area is 147 Å². The van der Waals surface area contributed by atoms with Crippen LogP contribution in [0.25, 0.3) is 5.69 Å². The molecule has 1 unspecified atom stereocenters. The fourth-order valence-corrected chi connectivity index (χ4v) is 3.34. The van der Waals surface area contributed by atoms with Crippen molar-refractivity contribution in [1.82, 2.24) is 15.1 Å². The topological polar surface area (TPSA) is 56.1 Å². The summed E-state index contributed by atoms with van der Waals surface area (Å²) in [5.74, 6) is -0.0989. The zero-order chi connectivity index (χ0) is 17.1. The monoisotopic (exact) mass is 347 g/mol. The smallest absolute Gasteiger partial charge is 0.255 e. The summed E-state index contributed by atoms with van der Waals surface area (Å²) in [7, 11) is 0. The number of rotatable bonds is 5. The third kappa shape index (κ3) is 3.32. The first-order chi connectivity index (χ1) is 11.6. The minimum atomic E-state index is -0.0989. The minimum Gasteiger partial charge on any atom is -0.376 e. The molecule has 0 bridgehead atoms. The first-order valence-electron chi connectivity index (χ1n) is 8.35. The summed E-state index contributed by atoms with van der Waals surface area (Å²) in [6.45, 7) is 5.19. The van der Waals surface area contributed by atoms with Crippen molar-refractivity contribution in [3.8, 4) is 5.69 Å². The standard InChI is InChI=1S/C18H22ClN3O2/c1-3-15-17(18(23)20-11-13-7-6-10-24-13)12(2)21-22(15)16-9-5-4-8-14(16)19/h4-5,8-9,13H,3,6-7,10-11H2,1-2H3,(H,20,23). The lowest BCUT2D eigenvalue weighted by atomic mass is 10.1. The molecule has 1 amide bonds. The number of aromatic nitrogens is 2. The van der Waals surface area contributed by atoms with Crippen molar-refractivity contribution >= 4 is 17.5 Å². The largest absolute Gasteiger partial charge is 0.376 e. The molecule has 6 heteroatoms. The highest BCUT2D eigenvalue weighted by molar-refractivity contribution is 6.32. The number of benzene rings is 1. The summed E-state index contributed by atoms with van der Waals surface area (Å²) >= 11 is 6.30. The van der Waals surface area contributed by atoms with E-state index in [9.17, 15) is 4.79 Å². The van der Waals surface area contributed by atoms with Crippen LogP contribution >= 0.6 is 11.6 Å². The zero-order valence-corrected chi connectivity index (χ0v) is 14.8. The van der Waals surface area contributed by atoms with E-state index in [1.807, 2.05) is 38.1 Å². The normalized spacial score (nSPS) is 17.2. The Morgan fingerprint density at radius 2 is 2.25 bits per heavy atom. The van der Waals surface area contributed by atoms with Gasteiger partial charge in [0.15, 0.2) is 0 Å². The number of hydrogen-bond donors (Lipinski definition) is 1. The molecular formula is C18H22ClN3O2. The highest BCUT2D eigenvalue weighted by Gasteiger charge is 2.23. The number of nitrogens with one attached hydrogen (secondary N) is 1. The summed E-state index contributed by atoms with van der Waals surface area (Å²) in [5.41, 5.74) is 3.00. The van der Waals surface area contributed by atoms with Gasteiger partial charge in [0.05, 0.1) is 33.8 Å². The molecule has 1 aliphatic heterocycles. The maximum Gasteiger partial charge on any atom is 0.255 e. The first kappa shape index (κ1) is 17.0. The molecule has 1 N–H and O–H groups in total. The van der Waals surface area contributed by atoms with Crippen LogP contribution in [0.3, 0.4) is 0 Å². The van der Waals surface area contributed by atoms with Crippen LogP contribution in [-0.4, -0.2) is 34.9 Å². The summed E-state index contributed by atoms with van der Waals surface area (Å²) in [4.78, 5) is 12.7. The number of nitrogens with zero attached hydrogens (tertiary/aromatic N) is 2. The highest BCUT2D eigenvalue weighted by atomic mass is 35.5.